The van der Waals surface area contributed by atoms with Crippen molar-refractivity contribution in [2.45, 2.75) is 19.8 Å². The predicted octanol–water partition coefficient (Wildman–Crippen LogP) is 1.92. The van der Waals surface area contributed by atoms with Crippen LogP contribution in [0.15, 0.2) is 18.2 Å². The Bertz CT molecular complexity index is 491. The van der Waals surface area contributed by atoms with Gasteiger partial charge in [0.25, 0.3) is 0 Å². The summed E-state index contributed by atoms with van der Waals surface area (Å²) in [6.07, 6.45) is 1.01. The summed E-state index contributed by atoms with van der Waals surface area (Å²) in [5, 5.41) is 13.5. The van der Waals surface area contributed by atoms with E-state index in [0.717, 1.165) is 0 Å². The number of carbonyl (C=O) groups excluding carboxylic acids is 1. The number of benzene rings is 1. The minimum Gasteiger partial charge on any atom is -0.490 e. The van der Waals surface area contributed by atoms with E-state index in [9.17, 15) is 14.9 Å². The van der Waals surface area contributed by atoms with E-state index in [0.29, 0.717) is 25.1 Å². The summed E-state index contributed by atoms with van der Waals surface area (Å²) in [6, 6.07) is 4.30. The number of nitrogens with zero attached hydrogens (tertiary/aromatic N) is 1. The maximum Gasteiger partial charge on any atom is 0.312 e. The van der Waals surface area contributed by atoms with Gasteiger partial charge in [-0.15, -0.1) is 0 Å². The lowest BCUT2D eigenvalue weighted by molar-refractivity contribution is -0.385. The Morgan fingerprint density at radius 3 is 2.80 bits per heavy atom. The number of nitro groups is 1. The average Bonchev–Trinajstić information content (AvgIpc) is 2.44. The number of nitrogens with one attached hydrogen (secondary N) is 1. The molecule has 0 saturated heterocycles. The number of nitrogens with two attached hydrogens (primary N) is 1. The van der Waals surface area contributed by atoms with Gasteiger partial charge in [0.1, 0.15) is 0 Å². The zero-order valence-electron chi connectivity index (χ0n) is 11.6. The first kappa shape index (κ1) is 15.9. The number of carbonyl (C=O) groups is 1. The molecule has 0 heterocycles. The van der Waals surface area contributed by atoms with Crippen LogP contribution >= 0.6 is 0 Å². The van der Waals surface area contributed by atoms with Gasteiger partial charge in [-0.25, -0.2) is 0 Å². The molecule has 7 heteroatoms. The van der Waals surface area contributed by atoms with Crippen molar-refractivity contribution in [3.05, 3.63) is 28.3 Å². The van der Waals surface area contributed by atoms with Crippen LogP contribution in [0.4, 0.5) is 11.4 Å². The molecule has 1 unspecified atom stereocenters. The lowest BCUT2D eigenvalue weighted by Gasteiger charge is -2.09. The van der Waals surface area contributed by atoms with E-state index in [1.165, 1.54) is 19.2 Å². The summed E-state index contributed by atoms with van der Waals surface area (Å²) in [4.78, 5) is 22.0. The third-order valence-corrected chi connectivity index (χ3v) is 2.93. The molecule has 0 saturated carbocycles. The predicted molar refractivity (Wildman–Crippen MR) is 75.7 cm³/mol. The van der Waals surface area contributed by atoms with Gasteiger partial charge in [-0.3, -0.25) is 14.9 Å². The number of nitro benzene ring substituents is 1. The van der Waals surface area contributed by atoms with Gasteiger partial charge in [0.2, 0.25) is 5.91 Å². The number of hydrogen-bond acceptors (Lipinski definition) is 5. The highest BCUT2D eigenvalue weighted by atomic mass is 16.6. The molecule has 110 valence electrons. The van der Waals surface area contributed by atoms with Crippen LogP contribution in [0.5, 0.6) is 5.75 Å². The van der Waals surface area contributed by atoms with Crippen LogP contribution in [0.25, 0.3) is 0 Å². The molecule has 3 N–H and O–H groups in total. The summed E-state index contributed by atoms with van der Waals surface area (Å²) < 4.78 is 4.89. The first-order valence-corrected chi connectivity index (χ1v) is 6.30. The largest absolute Gasteiger partial charge is 0.490 e. The third kappa shape index (κ3) is 4.51. The van der Waals surface area contributed by atoms with E-state index in [1.807, 2.05) is 6.92 Å². The van der Waals surface area contributed by atoms with E-state index in [-0.39, 0.29) is 23.3 Å². The molecular formula is C13H19N3O4. The average molecular weight is 281 g/mol. The van der Waals surface area contributed by atoms with Crippen molar-refractivity contribution < 1.29 is 14.5 Å². The van der Waals surface area contributed by atoms with Crippen molar-refractivity contribution in [2.24, 2.45) is 11.7 Å². The van der Waals surface area contributed by atoms with Gasteiger partial charge in [-0.05, 0) is 31.0 Å². The molecule has 0 radical (unpaired) electrons. The lowest BCUT2D eigenvalue weighted by atomic mass is 10.1. The quantitative estimate of drug-likeness (QED) is 0.586. The van der Waals surface area contributed by atoms with E-state index in [2.05, 4.69) is 5.32 Å². The number of rotatable bonds is 7. The molecule has 0 aliphatic heterocycles. The summed E-state index contributed by atoms with van der Waals surface area (Å²) >= 11 is 0. The molecule has 20 heavy (non-hydrogen) atoms. The topological polar surface area (TPSA) is 107 Å². The Kier molecular flexibility index (Phi) is 5.92. The SMILES string of the molecule is COc1ccc(NC(=O)CCC(C)CN)cc1[N+](=O)[O-]. The van der Waals surface area contributed by atoms with E-state index in [1.54, 1.807) is 6.07 Å². The zero-order valence-corrected chi connectivity index (χ0v) is 11.6. The molecule has 1 amide bonds. The molecule has 0 aliphatic carbocycles. The fraction of sp³-hybridized carbons (Fsp3) is 0.462. The van der Waals surface area contributed by atoms with Crippen LogP contribution in [0.1, 0.15) is 19.8 Å². The smallest absolute Gasteiger partial charge is 0.312 e. The van der Waals surface area contributed by atoms with Crippen molar-refractivity contribution in [1.82, 2.24) is 0 Å². The van der Waals surface area contributed by atoms with Crippen LogP contribution in [0.2, 0.25) is 0 Å². The highest BCUT2D eigenvalue weighted by Gasteiger charge is 2.16. The summed E-state index contributed by atoms with van der Waals surface area (Å²) in [5.41, 5.74) is 5.67. The molecule has 0 aromatic heterocycles. The molecule has 0 aliphatic rings. The Morgan fingerprint density at radius 1 is 1.55 bits per heavy atom. The van der Waals surface area contributed by atoms with Crippen LogP contribution in [0.3, 0.4) is 0 Å². The first-order valence-electron chi connectivity index (χ1n) is 6.30. The van der Waals surface area contributed by atoms with Crippen molar-refractivity contribution in [1.29, 1.82) is 0 Å². The maximum atomic E-state index is 11.7. The Hall–Kier alpha value is -2.15. The number of amides is 1. The molecule has 0 spiro atoms. The normalized spacial score (nSPS) is 11.8. The van der Waals surface area contributed by atoms with Crippen molar-refractivity contribution >= 4 is 17.3 Å². The number of hydrogen-bond donors (Lipinski definition) is 2. The number of ether oxygens (including phenoxy) is 1. The minimum absolute atomic E-state index is 0.157. The monoisotopic (exact) mass is 281 g/mol. The standard InChI is InChI=1S/C13H19N3O4/c1-9(8-14)3-6-13(17)15-10-4-5-12(20-2)11(7-10)16(18)19/h4-5,7,9H,3,6,8,14H2,1-2H3,(H,15,17). The summed E-state index contributed by atoms with van der Waals surface area (Å²) in [7, 11) is 1.36. The van der Waals surface area contributed by atoms with Crippen molar-refractivity contribution in [3.8, 4) is 5.75 Å². The molecule has 0 bridgehead atoms. The van der Waals surface area contributed by atoms with Gasteiger partial charge in [-0.1, -0.05) is 6.92 Å². The molecule has 1 atom stereocenters. The summed E-state index contributed by atoms with van der Waals surface area (Å²) in [5.74, 6) is 0.237. The van der Waals surface area contributed by atoms with E-state index < -0.39 is 4.92 Å². The van der Waals surface area contributed by atoms with E-state index >= 15 is 0 Å². The second-order valence-corrected chi connectivity index (χ2v) is 4.57. The molecule has 1 rings (SSSR count). The first-order chi connectivity index (χ1) is 9.47. The Labute approximate surface area is 117 Å². The van der Waals surface area contributed by atoms with Gasteiger partial charge in [-0.2, -0.15) is 0 Å². The van der Waals surface area contributed by atoms with Crippen LogP contribution < -0.4 is 15.8 Å². The second-order valence-electron chi connectivity index (χ2n) is 4.57. The molecule has 1 aromatic carbocycles. The maximum absolute atomic E-state index is 11.7. The minimum atomic E-state index is -0.551. The fourth-order valence-corrected chi connectivity index (χ4v) is 1.63. The van der Waals surface area contributed by atoms with Gasteiger partial charge >= 0.3 is 5.69 Å². The third-order valence-electron chi connectivity index (χ3n) is 2.93. The van der Waals surface area contributed by atoms with Gasteiger partial charge < -0.3 is 15.8 Å². The second kappa shape index (κ2) is 7.44. The molecule has 1 aromatic rings. The Morgan fingerprint density at radius 2 is 2.25 bits per heavy atom. The molecular weight excluding hydrogens is 262 g/mol. The van der Waals surface area contributed by atoms with Crippen LogP contribution in [0, 0.1) is 16.0 Å². The highest BCUT2D eigenvalue weighted by molar-refractivity contribution is 5.91. The summed E-state index contributed by atoms with van der Waals surface area (Å²) in [6.45, 7) is 2.49. The molecule has 7 nitrogen and oxygen atoms in total. The van der Waals surface area contributed by atoms with Gasteiger partial charge in [0, 0.05) is 18.2 Å². The van der Waals surface area contributed by atoms with Crippen molar-refractivity contribution in [3.63, 3.8) is 0 Å². The van der Waals surface area contributed by atoms with Crippen LogP contribution in [-0.2, 0) is 4.79 Å². The lowest BCUT2D eigenvalue weighted by Crippen LogP contribution is -2.16. The zero-order chi connectivity index (χ0) is 15.1. The number of anilines is 1. The number of methoxy groups -OCH3 is 1. The highest BCUT2D eigenvalue weighted by Crippen LogP contribution is 2.29. The van der Waals surface area contributed by atoms with Crippen molar-refractivity contribution in [2.75, 3.05) is 19.0 Å². The Balaban J connectivity index is 2.71. The van der Waals surface area contributed by atoms with Gasteiger partial charge in [0.15, 0.2) is 5.75 Å². The van der Waals surface area contributed by atoms with Gasteiger partial charge in [0.05, 0.1) is 12.0 Å². The van der Waals surface area contributed by atoms with E-state index in [4.69, 9.17) is 10.5 Å². The fourth-order valence-electron chi connectivity index (χ4n) is 1.63. The molecule has 0 fully saturated rings. The van der Waals surface area contributed by atoms with Crippen LogP contribution in [-0.4, -0.2) is 24.5 Å².